The van der Waals surface area contributed by atoms with Gasteiger partial charge in [0.15, 0.2) is 16.7 Å². The van der Waals surface area contributed by atoms with Crippen LogP contribution in [0.15, 0.2) is 94.7 Å². The van der Waals surface area contributed by atoms with Gasteiger partial charge in [0.2, 0.25) is 5.89 Å². The molecular formula is C27H23N5O3S. The summed E-state index contributed by atoms with van der Waals surface area (Å²) in [6.45, 7) is 1.99. The number of hydrogen-bond acceptors (Lipinski definition) is 7. The summed E-state index contributed by atoms with van der Waals surface area (Å²) in [6.07, 6.45) is 1.36. The molecule has 0 atom stereocenters. The maximum atomic E-state index is 12.6. The Balaban J connectivity index is 1.36. The minimum absolute atomic E-state index is 0.216. The van der Waals surface area contributed by atoms with Crippen LogP contribution >= 0.6 is 11.8 Å². The van der Waals surface area contributed by atoms with Crippen LogP contribution < -0.4 is 10.1 Å². The van der Waals surface area contributed by atoms with Crippen LogP contribution in [0.25, 0.3) is 17.1 Å². The summed E-state index contributed by atoms with van der Waals surface area (Å²) in [5.74, 6) is 1.89. The molecule has 0 bridgehead atoms. The van der Waals surface area contributed by atoms with Gasteiger partial charge in [-0.25, -0.2) is 4.98 Å². The average molecular weight is 498 g/mol. The van der Waals surface area contributed by atoms with E-state index in [0.29, 0.717) is 28.3 Å². The van der Waals surface area contributed by atoms with Crippen LogP contribution in [0, 0.1) is 6.92 Å². The second-order valence-electron chi connectivity index (χ2n) is 7.94. The van der Waals surface area contributed by atoms with Crippen LogP contribution in [-0.2, 0) is 5.75 Å². The van der Waals surface area contributed by atoms with Gasteiger partial charge in [-0.2, -0.15) is 0 Å². The topological polar surface area (TPSA) is 95.1 Å². The molecule has 0 aliphatic heterocycles. The highest BCUT2D eigenvalue weighted by atomic mass is 32.2. The molecule has 2 heterocycles. The molecule has 0 radical (unpaired) electrons. The smallest absolute Gasteiger partial charge is 0.277 e. The Morgan fingerprint density at radius 1 is 1.03 bits per heavy atom. The Kier molecular flexibility index (Phi) is 6.81. The van der Waals surface area contributed by atoms with E-state index in [1.54, 1.807) is 7.11 Å². The van der Waals surface area contributed by atoms with E-state index in [4.69, 9.17) is 9.15 Å². The van der Waals surface area contributed by atoms with Crippen LogP contribution in [0.4, 0.5) is 5.69 Å². The number of oxazole rings is 1. The van der Waals surface area contributed by atoms with E-state index in [1.807, 2.05) is 90.4 Å². The number of carbonyl (C=O) groups is 1. The lowest BCUT2D eigenvalue weighted by Crippen LogP contribution is -2.12. The Bertz CT molecular complexity index is 1480. The molecule has 8 nitrogen and oxygen atoms in total. The molecule has 5 aromatic rings. The van der Waals surface area contributed by atoms with Gasteiger partial charge in [-0.3, -0.25) is 9.36 Å². The van der Waals surface area contributed by atoms with Crippen molar-refractivity contribution in [2.45, 2.75) is 17.8 Å². The molecule has 0 unspecified atom stereocenters. The highest BCUT2D eigenvalue weighted by Crippen LogP contribution is 2.31. The number of aryl methyl sites for hydroxylation is 1. The summed E-state index contributed by atoms with van der Waals surface area (Å²) >= 11 is 1.42. The fraction of sp³-hybridized carbons (Fsp3) is 0.111. The second kappa shape index (κ2) is 10.5. The number of anilines is 1. The van der Waals surface area contributed by atoms with Crippen molar-refractivity contribution in [2.75, 3.05) is 12.4 Å². The zero-order chi connectivity index (χ0) is 24.9. The number of ether oxygens (including phenoxy) is 1. The third-order valence-electron chi connectivity index (χ3n) is 5.39. The van der Waals surface area contributed by atoms with Crippen LogP contribution in [0.5, 0.6) is 5.75 Å². The molecule has 0 aliphatic carbocycles. The zero-order valence-corrected chi connectivity index (χ0v) is 20.5. The van der Waals surface area contributed by atoms with Crippen LogP contribution in [0.2, 0.25) is 0 Å². The molecule has 9 heteroatoms. The third-order valence-corrected chi connectivity index (χ3v) is 6.31. The SMILES string of the molecule is COc1cccc(-c2nnc(SCc3nc(C(=O)Nc4ccc(C)cc4)co3)n2-c2ccccc2)c1. The predicted octanol–water partition coefficient (Wildman–Crippen LogP) is 5.78. The number of aromatic nitrogens is 4. The Morgan fingerprint density at radius 3 is 2.61 bits per heavy atom. The maximum absolute atomic E-state index is 12.6. The Morgan fingerprint density at radius 2 is 1.83 bits per heavy atom. The van der Waals surface area contributed by atoms with E-state index in [-0.39, 0.29) is 11.6 Å². The first-order valence-corrected chi connectivity index (χ1v) is 12.2. The second-order valence-corrected chi connectivity index (χ2v) is 8.89. The van der Waals surface area contributed by atoms with Crippen molar-refractivity contribution in [3.63, 3.8) is 0 Å². The summed E-state index contributed by atoms with van der Waals surface area (Å²) < 4.78 is 12.9. The fourth-order valence-electron chi connectivity index (χ4n) is 3.56. The number of rotatable bonds is 8. The van der Waals surface area contributed by atoms with Crippen molar-refractivity contribution < 1.29 is 13.9 Å². The van der Waals surface area contributed by atoms with Crippen molar-refractivity contribution in [3.8, 4) is 22.8 Å². The summed E-state index contributed by atoms with van der Waals surface area (Å²) in [7, 11) is 1.63. The number of amides is 1. The fourth-order valence-corrected chi connectivity index (χ4v) is 4.37. The first-order chi connectivity index (χ1) is 17.6. The molecule has 0 aliphatic rings. The number of carbonyl (C=O) groups excluding carboxylic acids is 1. The maximum Gasteiger partial charge on any atom is 0.277 e. The molecule has 5 rings (SSSR count). The number of benzene rings is 3. The van der Waals surface area contributed by atoms with Crippen molar-refractivity contribution >= 4 is 23.4 Å². The molecule has 0 saturated heterocycles. The lowest BCUT2D eigenvalue weighted by atomic mass is 10.2. The number of methoxy groups -OCH3 is 1. The number of thioether (sulfide) groups is 1. The quantitative estimate of drug-likeness (QED) is 0.271. The molecule has 1 amide bonds. The summed E-state index contributed by atoms with van der Waals surface area (Å²) in [4.78, 5) is 16.9. The minimum Gasteiger partial charge on any atom is -0.497 e. The molecule has 36 heavy (non-hydrogen) atoms. The molecule has 0 spiro atoms. The summed E-state index contributed by atoms with van der Waals surface area (Å²) in [5.41, 5.74) is 3.84. The number of nitrogens with one attached hydrogen (secondary N) is 1. The highest BCUT2D eigenvalue weighted by molar-refractivity contribution is 7.98. The summed E-state index contributed by atoms with van der Waals surface area (Å²) in [5, 5.41) is 12.4. The van der Waals surface area contributed by atoms with Crippen molar-refractivity contribution in [2.24, 2.45) is 0 Å². The van der Waals surface area contributed by atoms with E-state index in [9.17, 15) is 4.79 Å². The van der Waals surface area contributed by atoms with Crippen LogP contribution in [0.1, 0.15) is 21.9 Å². The average Bonchev–Trinajstić information content (AvgIpc) is 3.57. The lowest BCUT2D eigenvalue weighted by molar-refractivity contribution is 0.102. The molecular weight excluding hydrogens is 474 g/mol. The van der Waals surface area contributed by atoms with Gasteiger partial charge in [0.25, 0.3) is 5.91 Å². The number of hydrogen-bond donors (Lipinski definition) is 1. The standard InChI is InChI=1S/C27H23N5O3S/c1-18-11-13-20(14-12-18)28-26(33)23-16-35-24(29-23)17-36-27-31-30-25(19-7-6-10-22(15-19)34-2)32(27)21-8-4-3-5-9-21/h3-16H,17H2,1-2H3,(H,28,33). The first kappa shape index (κ1) is 23.4. The van der Waals surface area contributed by atoms with Crippen LogP contribution in [0.3, 0.4) is 0 Å². The van der Waals surface area contributed by atoms with Gasteiger partial charge in [-0.15, -0.1) is 10.2 Å². The third kappa shape index (κ3) is 5.16. The lowest BCUT2D eigenvalue weighted by Gasteiger charge is -2.10. The molecule has 1 N–H and O–H groups in total. The minimum atomic E-state index is -0.327. The predicted molar refractivity (Wildman–Crippen MR) is 139 cm³/mol. The van der Waals surface area contributed by atoms with Crippen molar-refractivity contribution in [1.82, 2.24) is 19.7 Å². The largest absolute Gasteiger partial charge is 0.497 e. The van der Waals surface area contributed by atoms with Gasteiger partial charge < -0.3 is 14.5 Å². The van der Waals surface area contributed by atoms with Crippen LogP contribution in [-0.4, -0.2) is 32.8 Å². The molecule has 0 saturated carbocycles. The summed E-state index contributed by atoms with van der Waals surface area (Å²) in [6, 6.07) is 25.1. The molecule has 0 fully saturated rings. The number of para-hydroxylation sites is 1. The van der Waals surface area contributed by atoms with Gasteiger partial charge in [-0.05, 0) is 43.3 Å². The Labute approximate surface area is 212 Å². The number of nitrogens with zero attached hydrogens (tertiary/aromatic N) is 4. The molecule has 3 aromatic carbocycles. The zero-order valence-electron chi connectivity index (χ0n) is 19.7. The van der Waals surface area contributed by atoms with Gasteiger partial charge in [0.1, 0.15) is 12.0 Å². The van der Waals surface area contributed by atoms with E-state index in [1.165, 1.54) is 18.0 Å². The van der Waals surface area contributed by atoms with Gasteiger partial charge in [0.05, 0.1) is 12.9 Å². The normalized spacial score (nSPS) is 10.8. The van der Waals surface area contributed by atoms with E-state index in [2.05, 4.69) is 20.5 Å². The molecule has 2 aromatic heterocycles. The van der Waals surface area contributed by atoms with Gasteiger partial charge >= 0.3 is 0 Å². The van der Waals surface area contributed by atoms with Gasteiger partial charge in [0, 0.05) is 16.9 Å². The van der Waals surface area contributed by atoms with Crippen molar-refractivity contribution in [1.29, 1.82) is 0 Å². The molecule has 180 valence electrons. The first-order valence-electron chi connectivity index (χ1n) is 11.2. The van der Waals surface area contributed by atoms with Crippen molar-refractivity contribution in [3.05, 3.63) is 102 Å². The monoisotopic (exact) mass is 497 g/mol. The van der Waals surface area contributed by atoms with E-state index in [0.717, 1.165) is 22.6 Å². The van der Waals surface area contributed by atoms with E-state index < -0.39 is 0 Å². The Hall–Kier alpha value is -4.37. The highest BCUT2D eigenvalue weighted by Gasteiger charge is 2.18. The van der Waals surface area contributed by atoms with E-state index >= 15 is 0 Å². The van der Waals surface area contributed by atoms with Gasteiger partial charge in [-0.1, -0.05) is 59.8 Å².